The van der Waals surface area contributed by atoms with Crippen LogP contribution in [-0.4, -0.2) is 14.2 Å². The maximum Gasteiger partial charge on any atom is 0.232 e. The number of alkyl halides is 1. The zero-order valence-electron chi connectivity index (χ0n) is 12.7. The van der Waals surface area contributed by atoms with Crippen molar-refractivity contribution < 1.29 is 8.42 Å². The Morgan fingerprint density at radius 3 is 2.36 bits per heavy atom. The number of hydrogen-bond donors (Lipinski definition) is 1. The van der Waals surface area contributed by atoms with Crippen LogP contribution in [0.1, 0.15) is 19.4 Å². The molecule has 2 aromatic rings. The summed E-state index contributed by atoms with van der Waals surface area (Å²) in [6.45, 7) is 3.79. The summed E-state index contributed by atoms with van der Waals surface area (Å²) in [5.74, 6) is 0.191. The average molecular weight is 382 g/mol. The molecule has 0 saturated carbocycles. The molecule has 0 radical (unpaired) electrons. The van der Waals surface area contributed by atoms with Gasteiger partial charge in [-0.2, -0.15) is 0 Å². The highest BCUT2D eigenvalue weighted by molar-refractivity contribution is 9.08. The maximum atomic E-state index is 12.3. The highest BCUT2D eigenvalue weighted by Crippen LogP contribution is 2.30. The quantitative estimate of drug-likeness (QED) is 0.740. The van der Waals surface area contributed by atoms with E-state index in [4.69, 9.17) is 0 Å². The summed E-state index contributed by atoms with van der Waals surface area (Å²) in [7, 11) is -3.35. The van der Waals surface area contributed by atoms with Crippen LogP contribution in [0.2, 0.25) is 0 Å². The zero-order valence-corrected chi connectivity index (χ0v) is 15.1. The second kappa shape index (κ2) is 7.29. The van der Waals surface area contributed by atoms with E-state index in [0.29, 0.717) is 11.0 Å². The predicted octanol–water partition coefficient (Wildman–Crippen LogP) is 4.65. The molecule has 0 aliphatic carbocycles. The Hall–Kier alpha value is -1.33. The number of anilines is 1. The first-order valence-corrected chi connectivity index (χ1v) is 9.93. The van der Waals surface area contributed by atoms with E-state index in [1.165, 1.54) is 0 Å². The fourth-order valence-corrected chi connectivity index (χ4v) is 4.09. The van der Waals surface area contributed by atoms with Crippen LogP contribution < -0.4 is 4.72 Å². The molecule has 0 heterocycles. The van der Waals surface area contributed by atoms with Gasteiger partial charge in [0, 0.05) is 10.9 Å². The Morgan fingerprint density at radius 2 is 1.77 bits per heavy atom. The molecular formula is C17H20BrNO2S. The van der Waals surface area contributed by atoms with Gasteiger partial charge in [-0.05, 0) is 23.1 Å². The molecule has 118 valence electrons. The van der Waals surface area contributed by atoms with Crippen molar-refractivity contribution in [2.75, 3.05) is 10.5 Å². The predicted molar refractivity (Wildman–Crippen MR) is 96.8 cm³/mol. The zero-order chi connectivity index (χ0) is 16.2. The van der Waals surface area contributed by atoms with Gasteiger partial charge in [0.25, 0.3) is 0 Å². The Kier molecular flexibility index (Phi) is 5.64. The van der Waals surface area contributed by atoms with Crippen LogP contribution >= 0.6 is 15.9 Å². The topological polar surface area (TPSA) is 46.2 Å². The Balaban J connectivity index is 2.44. The first kappa shape index (κ1) is 17.0. The molecule has 0 fully saturated rings. The molecule has 2 rings (SSSR count). The highest BCUT2D eigenvalue weighted by atomic mass is 79.9. The maximum absolute atomic E-state index is 12.3. The Bertz CT molecular complexity index is 728. The van der Waals surface area contributed by atoms with Crippen molar-refractivity contribution in [3.8, 4) is 11.1 Å². The van der Waals surface area contributed by atoms with Gasteiger partial charge < -0.3 is 0 Å². The molecule has 0 bridgehead atoms. The van der Waals surface area contributed by atoms with Crippen LogP contribution in [0.4, 0.5) is 5.69 Å². The number of rotatable bonds is 6. The molecule has 5 heteroatoms. The molecule has 1 N–H and O–H groups in total. The third kappa shape index (κ3) is 4.58. The standard InChI is InChI=1S/C17H20BrNO2S/c1-13(2)12-22(20,21)19-17-10-14(11-18)8-9-16(17)15-6-4-3-5-7-15/h3-10,13,19H,11-12H2,1-2H3. The second-order valence-corrected chi connectivity index (χ2v) is 7.98. The molecule has 0 amide bonds. The molecule has 2 aromatic carbocycles. The van der Waals surface area contributed by atoms with Crippen molar-refractivity contribution in [3.63, 3.8) is 0 Å². The second-order valence-electron chi connectivity index (χ2n) is 5.66. The van der Waals surface area contributed by atoms with Crippen LogP contribution in [0.5, 0.6) is 0 Å². The first-order valence-electron chi connectivity index (χ1n) is 7.16. The van der Waals surface area contributed by atoms with Crippen molar-refractivity contribution in [2.45, 2.75) is 19.2 Å². The van der Waals surface area contributed by atoms with Crippen molar-refractivity contribution in [2.24, 2.45) is 5.92 Å². The van der Waals surface area contributed by atoms with E-state index in [9.17, 15) is 8.42 Å². The van der Waals surface area contributed by atoms with Crippen LogP contribution in [0.15, 0.2) is 48.5 Å². The van der Waals surface area contributed by atoms with E-state index < -0.39 is 10.0 Å². The summed E-state index contributed by atoms with van der Waals surface area (Å²) >= 11 is 3.42. The molecule has 22 heavy (non-hydrogen) atoms. The molecule has 0 saturated heterocycles. The molecule has 0 atom stereocenters. The Morgan fingerprint density at radius 1 is 1.09 bits per heavy atom. The van der Waals surface area contributed by atoms with Gasteiger partial charge in [-0.25, -0.2) is 8.42 Å². The third-order valence-corrected chi connectivity index (χ3v) is 5.43. The lowest BCUT2D eigenvalue weighted by atomic mass is 10.0. The summed E-state index contributed by atoms with van der Waals surface area (Å²) < 4.78 is 27.3. The van der Waals surface area contributed by atoms with Crippen LogP contribution in [0.25, 0.3) is 11.1 Å². The van der Waals surface area contributed by atoms with Crippen molar-refractivity contribution in [1.29, 1.82) is 0 Å². The Labute approximate surface area is 140 Å². The van der Waals surface area contributed by atoms with Crippen molar-refractivity contribution in [3.05, 3.63) is 54.1 Å². The van der Waals surface area contributed by atoms with Gasteiger partial charge in [-0.15, -0.1) is 0 Å². The molecule has 0 spiro atoms. The van der Waals surface area contributed by atoms with Gasteiger partial charge in [-0.1, -0.05) is 72.2 Å². The summed E-state index contributed by atoms with van der Waals surface area (Å²) in [5.41, 5.74) is 3.54. The van der Waals surface area contributed by atoms with E-state index in [0.717, 1.165) is 16.7 Å². The summed E-state index contributed by atoms with van der Waals surface area (Å²) in [6.07, 6.45) is 0. The van der Waals surface area contributed by atoms with Gasteiger partial charge in [0.15, 0.2) is 0 Å². The lowest BCUT2D eigenvalue weighted by Gasteiger charge is -2.15. The van der Waals surface area contributed by atoms with Crippen LogP contribution in [0.3, 0.4) is 0 Å². The van der Waals surface area contributed by atoms with Crippen LogP contribution in [-0.2, 0) is 15.4 Å². The SMILES string of the molecule is CC(C)CS(=O)(=O)Nc1cc(CBr)ccc1-c1ccccc1. The van der Waals surface area contributed by atoms with E-state index >= 15 is 0 Å². The monoisotopic (exact) mass is 381 g/mol. The number of halogens is 1. The number of hydrogen-bond acceptors (Lipinski definition) is 2. The summed E-state index contributed by atoms with van der Waals surface area (Å²) in [5, 5.41) is 0.682. The summed E-state index contributed by atoms with van der Waals surface area (Å²) in [4.78, 5) is 0. The minimum absolute atomic E-state index is 0.0806. The van der Waals surface area contributed by atoms with E-state index in [2.05, 4.69) is 20.7 Å². The highest BCUT2D eigenvalue weighted by Gasteiger charge is 2.16. The van der Waals surface area contributed by atoms with Crippen molar-refractivity contribution >= 4 is 31.6 Å². The van der Waals surface area contributed by atoms with Crippen LogP contribution in [0, 0.1) is 5.92 Å². The minimum Gasteiger partial charge on any atom is -0.283 e. The molecule has 3 nitrogen and oxygen atoms in total. The fraction of sp³-hybridized carbons (Fsp3) is 0.294. The smallest absolute Gasteiger partial charge is 0.232 e. The molecule has 0 unspecified atom stereocenters. The lowest BCUT2D eigenvalue weighted by Crippen LogP contribution is -2.20. The van der Waals surface area contributed by atoms with E-state index in [1.807, 2.05) is 62.4 Å². The average Bonchev–Trinajstić information content (AvgIpc) is 2.46. The van der Waals surface area contributed by atoms with Crippen molar-refractivity contribution in [1.82, 2.24) is 0 Å². The van der Waals surface area contributed by atoms with E-state index in [-0.39, 0.29) is 11.7 Å². The molecule has 0 aliphatic heterocycles. The largest absolute Gasteiger partial charge is 0.283 e. The van der Waals surface area contributed by atoms with Gasteiger partial charge in [0.2, 0.25) is 10.0 Å². The lowest BCUT2D eigenvalue weighted by molar-refractivity contribution is 0.587. The molecule has 0 aliphatic rings. The number of sulfonamides is 1. The van der Waals surface area contributed by atoms with Gasteiger partial charge in [-0.3, -0.25) is 4.72 Å². The first-order chi connectivity index (χ1) is 10.4. The van der Waals surface area contributed by atoms with Gasteiger partial charge in [0.1, 0.15) is 0 Å². The van der Waals surface area contributed by atoms with E-state index in [1.54, 1.807) is 0 Å². The minimum atomic E-state index is -3.35. The molecular weight excluding hydrogens is 362 g/mol. The summed E-state index contributed by atoms with van der Waals surface area (Å²) in [6, 6.07) is 15.6. The molecule has 0 aromatic heterocycles. The number of benzene rings is 2. The fourth-order valence-electron chi connectivity index (χ4n) is 2.28. The number of nitrogens with one attached hydrogen (secondary N) is 1. The van der Waals surface area contributed by atoms with Gasteiger partial charge in [0.05, 0.1) is 11.4 Å². The van der Waals surface area contributed by atoms with Gasteiger partial charge >= 0.3 is 0 Å². The normalized spacial score (nSPS) is 11.6. The third-order valence-electron chi connectivity index (χ3n) is 3.14.